The van der Waals surface area contributed by atoms with Crippen molar-refractivity contribution in [2.24, 2.45) is 5.73 Å². The Bertz CT molecular complexity index is 364. The topological polar surface area (TPSA) is 74.2 Å². The van der Waals surface area contributed by atoms with Gasteiger partial charge in [0.15, 0.2) is 0 Å². The van der Waals surface area contributed by atoms with Gasteiger partial charge in [-0.2, -0.15) is 4.98 Å². The monoisotopic (exact) mass is 225 g/mol. The van der Waals surface area contributed by atoms with Gasteiger partial charge in [0.05, 0.1) is 5.41 Å². The molecule has 0 bridgehead atoms. The maximum atomic E-state index is 5.79. The predicted octanol–water partition coefficient (Wildman–Crippen LogP) is 1.33. The van der Waals surface area contributed by atoms with E-state index in [1.807, 2.05) is 13.8 Å². The molecule has 0 aromatic carbocycles. The van der Waals surface area contributed by atoms with E-state index >= 15 is 0 Å². The second-order valence-electron chi connectivity index (χ2n) is 4.98. The summed E-state index contributed by atoms with van der Waals surface area (Å²) in [7, 11) is 1.64. The molecule has 0 spiro atoms. The molecule has 1 aliphatic rings. The summed E-state index contributed by atoms with van der Waals surface area (Å²) in [6.45, 7) is 4.40. The van der Waals surface area contributed by atoms with E-state index in [0.29, 0.717) is 18.3 Å². The van der Waals surface area contributed by atoms with Crippen LogP contribution < -0.4 is 5.73 Å². The van der Waals surface area contributed by atoms with Gasteiger partial charge in [-0.3, -0.25) is 0 Å². The SMILES string of the molecule is COC(C)(C)c1noc(C2(CN)CCC2)n1. The number of hydrogen-bond donors (Lipinski definition) is 1. The third kappa shape index (κ3) is 1.64. The molecule has 2 rings (SSSR count). The van der Waals surface area contributed by atoms with Gasteiger partial charge in [-0.15, -0.1) is 0 Å². The Labute approximate surface area is 95.3 Å². The summed E-state index contributed by atoms with van der Waals surface area (Å²) < 4.78 is 10.6. The van der Waals surface area contributed by atoms with Crippen LogP contribution in [0.1, 0.15) is 44.8 Å². The molecule has 1 aromatic rings. The molecule has 0 atom stereocenters. The molecule has 1 aliphatic carbocycles. The molecule has 0 amide bonds. The molecule has 1 heterocycles. The second kappa shape index (κ2) is 3.82. The van der Waals surface area contributed by atoms with Gasteiger partial charge >= 0.3 is 0 Å². The molecule has 90 valence electrons. The van der Waals surface area contributed by atoms with Crippen LogP contribution in [0.5, 0.6) is 0 Å². The number of hydrogen-bond acceptors (Lipinski definition) is 5. The Morgan fingerprint density at radius 2 is 2.19 bits per heavy atom. The number of ether oxygens (including phenoxy) is 1. The average Bonchev–Trinajstić information content (AvgIpc) is 2.67. The van der Waals surface area contributed by atoms with Gasteiger partial charge in [0, 0.05) is 13.7 Å². The third-order valence-electron chi connectivity index (χ3n) is 3.63. The highest BCUT2D eigenvalue weighted by molar-refractivity contribution is 5.12. The van der Waals surface area contributed by atoms with E-state index < -0.39 is 5.60 Å². The van der Waals surface area contributed by atoms with Gasteiger partial charge in [-0.25, -0.2) is 0 Å². The molecule has 1 aromatic heterocycles. The number of methoxy groups -OCH3 is 1. The molecular weight excluding hydrogens is 206 g/mol. The minimum Gasteiger partial charge on any atom is -0.371 e. The van der Waals surface area contributed by atoms with E-state index in [4.69, 9.17) is 15.0 Å². The van der Waals surface area contributed by atoms with Crippen molar-refractivity contribution in [3.05, 3.63) is 11.7 Å². The molecular formula is C11H19N3O2. The predicted molar refractivity (Wildman–Crippen MR) is 58.9 cm³/mol. The highest BCUT2D eigenvalue weighted by Gasteiger charge is 2.43. The number of nitrogens with zero attached hydrogens (tertiary/aromatic N) is 2. The molecule has 2 N–H and O–H groups in total. The first kappa shape index (κ1) is 11.5. The van der Waals surface area contributed by atoms with Crippen LogP contribution in [-0.2, 0) is 15.8 Å². The molecule has 1 fully saturated rings. The molecule has 1 saturated carbocycles. The minimum atomic E-state index is -0.513. The first-order valence-electron chi connectivity index (χ1n) is 5.64. The van der Waals surface area contributed by atoms with E-state index in [-0.39, 0.29) is 5.41 Å². The summed E-state index contributed by atoms with van der Waals surface area (Å²) in [5.41, 5.74) is 5.21. The van der Waals surface area contributed by atoms with Crippen molar-refractivity contribution in [2.75, 3.05) is 13.7 Å². The summed E-state index contributed by atoms with van der Waals surface area (Å²) >= 11 is 0. The van der Waals surface area contributed by atoms with Crippen LogP contribution in [0.25, 0.3) is 0 Å². The van der Waals surface area contributed by atoms with Gasteiger partial charge in [0.2, 0.25) is 11.7 Å². The molecule has 0 unspecified atom stereocenters. The largest absolute Gasteiger partial charge is 0.371 e. The Kier molecular flexibility index (Phi) is 2.75. The number of nitrogens with two attached hydrogens (primary N) is 1. The quantitative estimate of drug-likeness (QED) is 0.836. The first-order chi connectivity index (χ1) is 7.54. The Hall–Kier alpha value is -0.940. The fraction of sp³-hybridized carbons (Fsp3) is 0.818. The highest BCUT2D eigenvalue weighted by Crippen LogP contribution is 2.42. The lowest BCUT2D eigenvalue weighted by Gasteiger charge is -2.37. The normalized spacial score (nSPS) is 19.5. The lowest BCUT2D eigenvalue weighted by atomic mass is 9.69. The summed E-state index contributed by atoms with van der Waals surface area (Å²) in [6, 6.07) is 0. The summed E-state index contributed by atoms with van der Waals surface area (Å²) in [5, 5.41) is 3.99. The lowest BCUT2D eigenvalue weighted by Crippen LogP contribution is -2.42. The zero-order valence-corrected chi connectivity index (χ0v) is 10.1. The number of aromatic nitrogens is 2. The van der Waals surface area contributed by atoms with Crippen molar-refractivity contribution >= 4 is 0 Å². The van der Waals surface area contributed by atoms with Crippen molar-refractivity contribution in [1.29, 1.82) is 0 Å². The third-order valence-corrected chi connectivity index (χ3v) is 3.63. The van der Waals surface area contributed by atoms with Crippen molar-refractivity contribution in [2.45, 2.75) is 44.1 Å². The van der Waals surface area contributed by atoms with E-state index in [9.17, 15) is 0 Å². The second-order valence-corrected chi connectivity index (χ2v) is 4.98. The molecule has 0 radical (unpaired) electrons. The Balaban J connectivity index is 2.26. The average molecular weight is 225 g/mol. The van der Waals surface area contributed by atoms with Crippen molar-refractivity contribution in [3.63, 3.8) is 0 Å². The van der Waals surface area contributed by atoms with Gasteiger partial charge in [0.25, 0.3) is 0 Å². The van der Waals surface area contributed by atoms with Gasteiger partial charge in [-0.05, 0) is 26.7 Å². The van der Waals surface area contributed by atoms with E-state index in [1.165, 1.54) is 6.42 Å². The Morgan fingerprint density at radius 1 is 1.50 bits per heavy atom. The van der Waals surface area contributed by atoms with Crippen molar-refractivity contribution < 1.29 is 9.26 Å². The Morgan fingerprint density at radius 3 is 2.62 bits per heavy atom. The smallest absolute Gasteiger partial charge is 0.234 e. The van der Waals surface area contributed by atoms with Crippen LogP contribution >= 0.6 is 0 Å². The molecule has 5 nitrogen and oxygen atoms in total. The van der Waals surface area contributed by atoms with Crippen molar-refractivity contribution in [3.8, 4) is 0 Å². The lowest BCUT2D eigenvalue weighted by molar-refractivity contribution is 0.00973. The van der Waals surface area contributed by atoms with Crippen LogP contribution in [-0.4, -0.2) is 23.8 Å². The fourth-order valence-corrected chi connectivity index (χ4v) is 1.88. The van der Waals surface area contributed by atoms with Crippen molar-refractivity contribution in [1.82, 2.24) is 10.1 Å². The van der Waals surface area contributed by atoms with Gasteiger partial charge < -0.3 is 15.0 Å². The minimum absolute atomic E-state index is 0.0743. The molecule has 0 aliphatic heterocycles. The molecule has 0 saturated heterocycles. The van der Waals surface area contributed by atoms with Crippen LogP contribution in [0.2, 0.25) is 0 Å². The van der Waals surface area contributed by atoms with E-state index in [2.05, 4.69) is 10.1 Å². The van der Waals surface area contributed by atoms with E-state index in [1.54, 1.807) is 7.11 Å². The first-order valence-corrected chi connectivity index (χ1v) is 5.64. The van der Waals surface area contributed by atoms with Crippen LogP contribution in [0.15, 0.2) is 4.52 Å². The van der Waals surface area contributed by atoms with Crippen LogP contribution in [0.4, 0.5) is 0 Å². The number of rotatable bonds is 4. The maximum Gasteiger partial charge on any atom is 0.234 e. The molecule has 5 heteroatoms. The van der Waals surface area contributed by atoms with Gasteiger partial charge in [-0.1, -0.05) is 11.6 Å². The summed E-state index contributed by atoms with van der Waals surface area (Å²) in [4.78, 5) is 4.43. The van der Waals surface area contributed by atoms with Gasteiger partial charge in [0.1, 0.15) is 5.60 Å². The zero-order valence-electron chi connectivity index (χ0n) is 10.1. The zero-order chi connectivity index (χ0) is 11.8. The summed E-state index contributed by atoms with van der Waals surface area (Å²) in [5.74, 6) is 1.26. The highest BCUT2D eigenvalue weighted by atomic mass is 16.5. The maximum absolute atomic E-state index is 5.79. The summed E-state index contributed by atoms with van der Waals surface area (Å²) in [6.07, 6.45) is 3.26. The fourth-order valence-electron chi connectivity index (χ4n) is 1.88. The van der Waals surface area contributed by atoms with Crippen LogP contribution in [0, 0.1) is 0 Å². The standard InChI is InChI=1S/C11H19N3O2/c1-10(2,15-3)8-13-9(16-14-8)11(7-12)5-4-6-11/h4-7,12H2,1-3H3. The van der Waals surface area contributed by atoms with Crippen LogP contribution in [0.3, 0.4) is 0 Å². The molecule has 16 heavy (non-hydrogen) atoms. The van der Waals surface area contributed by atoms with E-state index in [0.717, 1.165) is 12.8 Å².